The number of halogens is 1. The number of rotatable bonds is 7. The number of hydrogen-bond donors (Lipinski definition) is 1. The molecule has 1 unspecified atom stereocenters. The van der Waals surface area contributed by atoms with Gasteiger partial charge in [0.15, 0.2) is 11.0 Å². The molecule has 146 valence electrons. The lowest BCUT2D eigenvalue weighted by Crippen LogP contribution is -2.28. The summed E-state index contributed by atoms with van der Waals surface area (Å²) in [6, 6.07) is 16.1. The molecular weight excluding hydrogens is 436 g/mol. The average molecular weight is 459 g/mol. The molecule has 28 heavy (non-hydrogen) atoms. The van der Waals surface area contributed by atoms with Gasteiger partial charge in [-0.1, -0.05) is 63.6 Å². The highest BCUT2D eigenvalue weighted by Crippen LogP contribution is 2.25. The van der Waals surface area contributed by atoms with Gasteiger partial charge in [0.2, 0.25) is 5.91 Å². The lowest BCUT2D eigenvalue weighted by molar-refractivity contribution is -0.119. The van der Waals surface area contributed by atoms with Crippen molar-refractivity contribution in [2.75, 3.05) is 5.75 Å². The van der Waals surface area contributed by atoms with Gasteiger partial charge in [0, 0.05) is 16.6 Å². The van der Waals surface area contributed by atoms with E-state index in [0.717, 1.165) is 33.1 Å². The van der Waals surface area contributed by atoms with Crippen LogP contribution in [-0.2, 0) is 11.3 Å². The van der Waals surface area contributed by atoms with Crippen molar-refractivity contribution in [3.63, 3.8) is 0 Å². The highest BCUT2D eigenvalue weighted by Gasteiger charge is 2.16. The Kier molecular flexibility index (Phi) is 6.91. The van der Waals surface area contributed by atoms with E-state index in [1.54, 1.807) is 0 Å². The Labute approximate surface area is 178 Å². The maximum absolute atomic E-state index is 12.4. The summed E-state index contributed by atoms with van der Waals surface area (Å²) in [6.45, 7) is 6.84. The molecule has 0 spiro atoms. The molecule has 0 radical (unpaired) electrons. The van der Waals surface area contributed by atoms with Gasteiger partial charge in [-0.05, 0) is 44.5 Å². The molecule has 0 bridgehead atoms. The van der Waals surface area contributed by atoms with E-state index < -0.39 is 0 Å². The highest BCUT2D eigenvalue weighted by atomic mass is 79.9. The van der Waals surface area contributed by atoms with Crippen LogP contribution in [0.15, 0.2) is 58.2 Å². The van der Waals surface area contributed by atoms with E-state index >= 15 is 0 Å². The zero-order valence-corrected chi connectivity index (χ0v) is 18.5. The second-order valence-corrected chi connectivity index (χ2v) is 8.41. The Bertz CT molecular complexity index is 955. The quantitative estimate of drug-likeness (QED) is 0.505. The third-order valence-electron chi connectivity index (χ3n) is 4.39. The first-order valence-electron chi connectivity index (χ1n) is 9.15. The molecule has 0 saturated carbocycles. The van der Waals surface area contributed by atoms with E-state index in [0.29, 0.717) is 5.75 Å². The molecule has 0 aliphatic carbocycles. The van der Waals surface area contributed by atoms with Crippen molar-refractivity contribution in [1.29, 1.82) is 0 Å². The van der Waals surface area contributed by atoms with Crippen molar-refractivity contribution in [1.82, 2.24) is 20.1 Å². The first-order valence-corrected chi connectivity index (χ1v) is 10.9. The number of carbonyl (C=O) groups excluding carboxylic acids is 1. The molecule has 1 heterocycles. The highest BCUT2D eigenvalue weighted by molar-refractivity contribution is 9.10. The van der Waals surface area contributed by atoms with E-state index in [4.69, 9.17) is 0 Å². The summed E-state index contributed by atoms with van der Waals surface area (Å²) in [5, 5.41) is 12.4. The largest absolute Gasteiger partial charge is 0.349 e. The summed E-state index contributed by atoms with van der Waals surface area (Å²) in [7, 11) is 0. The first-order chi connectivity index (χ1) is 13.5. The molecule has 2 aromatic carbocycles. The summed E-state index contributed by atoms with van der Waals surface area (Å²) in [5.41, 5.74) is 3.29. The van der Waals surface area contributed by atoms with E-state index in [9.17, 15) is 4.79 Å². The predicted octanol–water partition coefficient (Wildman–Crippen LogP) is 5.01. The molecule has 0 saturated heterocycles. The van der Waals surface area contributed by atoms with Gasteiger partial charge in [-0.25, -0.2) is 0 Å². The second kappa shape index (κ2) is 9.39. The number of amides is 1. The SMILES string of the molecule is CCn1c(SCC(=O)NC(C)c2ccc(Br)cc2)nnc1-c1cccc(C)c1. The van der Waals surface area contributed by atoms with Gasteiger partial charge in [-0.3, -0.25) is 4.79 Å². The Hall–Kier alpha value is -2.12. The number of carbonyl (C=O) groups is 1. The number of nitrogens with zero attached hydrogens (tertiary/aromatic N) is 3. The second-order valence-electron chi connectivity index (χ2n) is 6.55. The van der Waals surface area contributed by atoms with Gasteiger partial charge in [0.1, 0.15) is 0 Å². The number of hydrogen-bond acceptors (Lipinski definition) is 4. The van der Waals surface area contributed by atoms with E-state index in [-0.39, 0.29) is 11.9 Å². The van der Waals surface area contributed by atoms with Crippen LogP contribution in [0.5, 0.6) is 0 Å². The standard InChI is InChI=1S/C21H23BrN4OS/c1-4-26-20(17-7-5-6-14(2)12-17)24-25-21(26)28-13-19(27)23-15(3)16-8-10-18(22)11-9-16/h5-12,15H,4,13H2,1-3H3,(H,23,27). The first kappa shape index (κ1) is 20.6. The predicted molar refractivity (Wildman–Crippen MR) is 117 cm³/mol. The number of nitrogens with one attached hydrogen (secondary N) is 1. The zero-order chi connectivity index (χ0) is 20.1. The molecule has 1 amide bonds. The van der Waals surface area contributed by atoms with Crippen molar-refractivity contribution in [2.24, 2.45) is 0 Å². The van der Waals surface area contributed by atoms with Crippen LogP contribution in [0.3, 0.4) is 0 Å². The summed E-state index contributed by atoms with van der Waals surface area (Å²) < 4.78 is 3.07. The smallest absolute Gasteiger partial charge is 0.230 e. The van der Waals surface area contributed by atoms with Gasteiger partial charge < -0.3 is 9.88 Å². The topological polar surface area (TPSA) is 59.8 Å². The lowest BCUT2D eigenvalue weighted by atomic mass is 10.1. The van der Waals surface area contributed by atoms with Crippen molar-refractivity contribution >= 4 is 33.6 Å². The summed E-state index contributed by atoms with van der Waals surface area (Å²) >= 11 is 4.84. The van der Waals surface area contributed by atoms with Crippen LogP contribution in [0.2, 0.25) is 0 Å². The fourth-order valence-electron chi connectivity index (χ4n) is 2.93. The number of benzene rings is 2. The summed E-state index contributed by atoms with van der Waals surface area (Å²) in [5.74, 6) is 1.10. The summed E-state index contributed by atoms with van der Waals surface area (Å²) in [6.07, 6.45) is 0. The molecule has 0 aliphatic heterocycles. The molecular formula is C21H23BrN4OS. The van der Waals surface area contributed by atoms with Crippen molar-refractivity contribution in [3.05, 3.63) is 64.1 Å². The zero-order valence-electron chi connectivity index (χ0n) is 16.1. The molecule has 7 heteroatoms. The third kappa shape index (κ3) is 5.02. The van der Waals surface area contributed by atoms with Crippen LogP contribution in [0.1, 0.15) is 31.0 Å². The van der Waals surface area contributed by atoms with Crippen molar-refractivity contribution < 1.29 is 4.79 Å². The minimum Gasteiger partial charge on any atom is -0.349 e. The van der Waals surface area contributed by atoms with Gasteiger partial charge in [-0.15, -0.1) is 10.2 Å². The monoisotopic (exact) mass is 458 g/mol. The number of thioether (sulfide) groups is 1. The van der Waals surface area contributed by atoms with Crippen LogP contribution in [0.25, 0.3) is 11.4 Å². The Balaban J connectivity index is 1.64. The van der Waals surface area contributed by atoms with E-state index in [1.807, 2.05) is 47.9 Å². The van der Waals surface area contributed by atoms with E-state index in [2.05, 4.69) is 57.4 Å². The summed E-state index contributed by atoms with van der Waals surface area (Å²) in [4.78, 5) is 12.4. The van der Waals surface area contributed by atoms with E-state index in [1.165, 1.54) is 17.3 Å². The van der Waals surface area contributed by atoms with Gasteiger partial charge in [0.05, 0.1) is 11.8 Å². The van der Waals surface area contributed by atoms with Gasteiger partial charge in [-0.2, -0.15) is 0 Å². The molecule has 3 rings (SSSR count). The fraction of sp³-hybridized carbons (Fsp3) is 0.286. The Morgan fingerprint density at radius 2 is 1.96 bits per heavy atom. The van der Waals surface area contributed by atoms with Crippen LogP contribution >= 0.6 is 27.7 Å². The number of aryl methyl sites for hydroxylation is 1. The maximum Gasteiger partial charge on any atom is 0.230 e. The van der Waals surface area contributed by atoms with Crippen LogP contribution in [0.4, 0.5) is 0 Å². The van der Waals surface area contributed by atoms with Crippen LogP contribution < -0.4 is 5.32 Å². The molecule has 0 aliphatic rings. The molecule has 1 aromatic heterocycles. The average Bonchev–Trinajstić information content (AvgIpc) is 3.09. The van der Waals surface area contributed by atoms with Gasteiger partial charge in [0.25, 0.3) is 0 Å². The maximum atomic E-state index is 12.4. The van der Waals surface area contributed by atoms with Crippen LogP contribution in [0, 0.1) is 6.92 Å². The molecule has 3 aromatic rings. The fourth-order valence-corrected chi connectivity index (χ4v) is 4.00. The Morgan fingerprint density at radius 3 is 2.64 bits per heavy atom. The van der Waals surface area contributed by atoms with Crippen molar-refractivity contribution in [2.45, 2.75) is 38.5 Å². The number of aromatic nitrogens is 3. The molecule has 1 N–H and O–H groups in total. The normalized spacial score (nSPS) is 12.0. The molecule has 0 fully saturated rings. The third-order valence-corrected chi connectivity index (χ3v) is 5.88. The Morgan fingerprint density at radius 1 is 1.21 bits per heavy atom. The van der Waals surface area contributed by atoms with Crippen molar-refractivity contribution in [3.8, 4) is 11.4 Å². The minimum absolute atomic E-state index is 0.0248. The van der Waals surface area contributed by atoms with Crippen LogP contribution in [-0.4, -0.2) is 26.4 Å². The molecule has 1 atom stereocenters. The lowest BCUT2D eigenvalue weighted by Gasteiger charge is -2.14. The molecule has 5 nitrogen and oxygen atoms in total. The van der Waals surface area contributed by atoms with Gasteiger partial charge >= 0.3 is 0 Å². The minimum atomic E-state index is -0.0481.